The quantitative estimate of drug-likeness (QED) is 0.457. The van der Waals surface area contributed by atoms with Crippen LogP contribution in [0.1, 0.15) is 24.4 Å². The van der Waals surface area contributed by atoms with Gasteiger partial charge in [0.2, 0.25) is 0 Å². The highest BCUT2D eigenvalue weighted by Gasteiger charge is 2.23. The molecular weight excluding hydrogens is 188 g/mol. The van der Waals surface area contributed by atoms with Crippen LogP contribution in [0.5, 0.6) is 0 Å². The van der Waals surface area contributed by atoms with E-state index < -0.39 is 0 Å². The Bertz CT molecular complexity index is 356. The van der Waals surface area contributed by atoms with Gasteiger partial charge in [0, 0.05) is 23.5 Å². The topological polar surface area (TPSA) is 60.8 Å². The molecule has 4 heteroatoms. The van der Waals surface area contributed by atoms with Crippen molar-refractivity contribution < 1.29 is 0 Å². The van der Waals surface area contributed by atoms with E-state index in [1.165, 1.54) is 5.56 Å². The van der Waals surface area contributed by atoms with Gasteiger partial charge in [-0.25, -0.2) is 0 Å². The maximum absolute atomic E-state index is 8.24. The second-order valence-electron chi connectivity index (χ2n) is 3.82. The van der Waals surface area contributed by atoms with E-state index in [-0.39, 0.29) is 0 Å². The predicted molar refractivity (Wildman–Crippen MR) is 59.4 cm³/mol. The van der Waals surface area contributed by atoms with Crippen LogP contribution in [0.4, 0.5) is 0 Å². The molecule has 1 aromatic rings. The van der Waals surface area contributed by atoms with E-state index in [9.17, 15) is 0 Å². The lowest BCUT2D eigenvalue weighted by Crippen LogP contribution is -2.26. The van der Waals surface area contributed by atoms with Gasteiger partial charge in [0.15, 0.2) is 0 Å². The van der Waals surface area contributed by atoms with Crippen molar-refractivity contribution in [1.82, 2.24) is 5.32 Å². The van der Waals surface area contributed by atoms with Gasteiger partial charge in [0.1, 0.15) is 0 Å². The van der Waals surface area contributed by atoms with Gasteiger partial charge in [-0.2, -0.15) is 0 Å². The van der Waals surface area contributed by atoms with Crippen LogP contribution in [0.2, 0.25) is 0 Å². The third-order valence-electron chi connectivity index (χ3n) is 2.81. The first-order valence-electron chi connectivity index (χ1n) is 5.22. The van der Waals surface area contributed by atoms with Gasteiger partial charge < -0.3 is 5.32 Å². The van der Waals surface area contributed by atoms with Crippen LogP contribution in [0.15, 0.2) is 35.4 Å². The number of hydrogen-bond donors (Lipinski definition) is 1. The molecule has 0 amide bonds. The predicted octanol–water partition coefficient (Wildman–Crippen LogP) is 2.79. The van der Waals surface area contributed by atoms with Crippen LogP contribution in [0, 0.1) is 0 Å². The Morgan fingerprint density at radius 2 is 2.13 bits per heavy atom. The molecule has 1 heterocycles. The Labute approximate surface area is 88.9 Å². The molecule has 0 radical (unpaired) electrons. The number of rotatable bonds is 3. The zero-order valence-corrected chi connectivity index (χ0v) is 8.50. The van der Waals surface area contributed by atoms with E-state index in [1.807, 2.05) is 6.07 Å². The zero-order valence-electron chi connectivity index (χ0n) is 8.50. The Kier molecular flexibility index (Phi) is 3.22. The molecule has 1 aliphatic rings. The first kappa shape index (κ1) is 10.0. The molecule has 78 valence electrons. The minimum Gasteiger partial charge on any atom is -0.307 e. The summed E-state index contributed by atoms with van der Waals surface area (Å²) in [5, 5.41) is 7.08. The minimum absolute atomic E-state index is 0.339. The monoisotopic (exact) mass is 202 g/mol. The van der Waals surface area contributed by atoms with Gasteiger partial charge in [0.05, 0.1) is 0 Å². The highest BCUT2D eigenvalue weighted by Crippen LogP contribution is 2.26. The van der Waals surface area contributed by atoms with E-state index in [0.717, 1.165) is 12.8 Å². The molecule has 1 N–H and O–H groups in total. The highest BCUT2D eigenvalue weighted by molar-refractivity contribution is 5.20. The summed E-state index contributed by atoms with van der Waals surface area (Å²) in [6, 6.07) is 11.2. The summed E-state index contributed by atoms with van der Waals surface area (Å²) in [7, 11) is 0. The fourth-order valence-electron chi connectivity index (χ4n) is 2.05. The van der Waals surface area contributed by atoms with Crippen LogP contribution in [0.25, 0.3) is 10.4 Å². The van der Waals surface area contributed by atoms with Crippen molar-refractivity contribution in [3.05, 3.63) is 46.3 Å². The average Bonchev–Trinajstić information content (AvgIpc) is 2.76. The van der Waals surface area contributed by atoms with Crippen molar-refractivity contribution in [2.45, 2.75) is 24.9 Å². The average molecular weight is 202 g/mol. The normalized spacial score (nSPS) is 24.8. The second kappa shape index (κ2) is 4.82. The SMILES string of the molecule is [N-]=[N+]=NC[C@@H]1CC[C@@H](c2ccccc2)N1. The van der Waals surface area contributed by atoms with E-state index in [4.69, 9.17) is 5.53 Å². The summed E-state index contributed by atoms with van der Waals surface area (Å²) in [4.78, 5) is 2.78. The van der Waals surface area contributed by atoms with Crippen molar-refractivity contribution in [3.63, 3.8) is 0 Å². The number of nitrogens with zero attached hydrogens (tertiary/aromatic N) is 3. The molecule has 1 aliphatic heterocycles. The lowest BCUT2D eigenvalue weighted by molar-refractivity contribution is 0.559. The molecule has 2 atom stereocenters. The largest absolute Gasteiger partial charge is 0.307 e. The Morgan fingerprint density at radius 3 is 2.87 bits per heavy atom. The van der Waals surface area contributed by atoms with Crippen LogP contribution < -0.4 is 5.32 Å². The Balaban J connectivity index is 1.95. The first-order valence-corrected chi connectivity index (χ1v) is 5.22. The smallest absolute Gasteiger partial charge is 0.0412 e. The van der Waals surface area contributed by atoms with Crippen molar-refractivity contribution in [2.75, 3.05) is 6.54 Å². The summed E-state index contributed by atoms with van der Waals surface area (Å²) >= 11 is 0. The number of azide groups is 1. The van der Waals surface area contributed by atoms with Crippen molar-refractivity contribution in [1.29, 1.82) is 0 Å². The van der Waals surface area contributed by atoms with E-state index in [2.05, 4.69) is 39.6 Å². The van der Waals surface area contributed by atoms with E-state index in [0.29, 0.717) is 18.6 Å². The maximum atomic E-state index is 8.24. The molecular formula is C11H14N4. The zero-order chi connectivity index (χ0) is 10.5. The lowest BCUT2D eigenvalue weighted by atomic mass is 10.1. The molecule has 0 aromatic heterocycles. The maximum Gasteiger partial charge on any atom is 0.0412 e. The summed E-state index contributed by atoms with van der Waals surface area (Å²) in [5.74, 6) is 0. The molecule has 15 heavy (non-hydrogen) atoms. The number of benzene rings is 1. The van der Waals surface area contributed by atoms with Crippen molar-refractivity contribution in [2.24, 2.45) is 5.11 Å². The summed E-state index contributed by atoms with van der Waals surface area (Å²) < 4.78 is 0. The molecule has 1 saturated heterocycles. The van der Waals surface area contributed by atoms with Crippen molar-refractivity contribution >= 4 is 0 Å². The highest BCUT2D eigenvalue weighted by atomic mass is 15.2. The molecule has 0 bridgehead atoms. The minimum atomic E-state index is 0.339. The van der Waals surface area contributed by atoms with Gasteiger partial charge in [-0.15, -0.1) is 0 Å². The van der Waals surface area contributed by atoms with E-state index in [1.54, 1.807) is 0 Å². The summed E-state index contributed by atoms with van der Waals surface area (Å²) in [6.07, 6.45) is 2.20. The van der Waals surface area contributed by atoms with Gasteiger partial charge in [-0.3, -0.25) is 0 Å². The lowest BCUT2D eigenvalue weighted by Gasteiger charge is -2.12. The summed E-state index contributed by atoms with van der Waals surface area (Å²) in [5.41, 5.74) is 9.56. The number of hydrogen-bond acceptors (Lipinski definition) is 2. The van der Waals surface area contributed by atoms with Crippen molar-refractivity contribution in [3.8, 4) is 0 Å². The van der Waals surface area contributed by atoms with Crippen LogP contribution in [-0.4, -0.2) is 12.6 Å². The van der Waals surface area contributed by atoms with Crippen LogP contribution in [-0.2, 0) is 0 Å². The molecule has 0 unspecified atom stereocenters. The van der Waals surface area contributed by atoms with E-state index >= 15 is 0 Å². The molecule has 0 spiro atoms. The fourth-order valence-corrected chi connectivity index (χ4v) is 2.05. The molecule has 4 nitrogen and oxygen atoms in total. The third-order valence-corrected chi connectivity index (χ3v) is 2.81. The van der Waals surface area contributed by atoms with Gasteiger partial charge >= 0.3 is 0 Å². The Morgan fingerprint density at radius 1 is 1.33 bits per heavy atom. The van der Waals surface area contributed by atoms with Crippen LogP contribution in [0.3, 0.4) is 0 Å². The third kappa shape index (κ3) is 2.49. The molecule has 1 fully saturated rings. The Hall–Kier alpha value is -1.51. The van der Waals surface area contributed by atoms with Gasteiger partial charge in [-0.1, -0.05) is 35.4 Å². The second-order valence-corrected chi connectivity index (χ2v) is 3.82. The van der Waals surface area contributed by atoms with Crippen LogP contribution >= 0.6 is 0 Å². The first-order chi connectivity index (χ1) is 7.40. The molecule has 2 rings (SSSR count). The van der Waals surface area contributed by atoms with Gasteiger partial charge in [-0.05, 0) is 23.9 Å². The molecule has 1 aromatic carbocycles. The molecule has 0 saturated carbocycles. The van der Waals surface area contributed by atoms with Gasteiger partial charge in [0.25, 0.3) is 0 Å². The standard InChI is InChI=1S/C11H14N4/c12-15-13-8-10-6-7-11(14-10)9-4-2-1-3-5-9/h1-5,10-11,14H,6-8H2/t10-,11-/m0/s1. The summed E-state index contributed by atoms with van der Waals surface area (Å²) in [6.45, 7) is 0.555. The fraction of sp³-hybridized carbons (Fsp3) is 0.455. The molecule has 0 aliphatic carbocycles. The number of nitrogens with one attached hydrogen (secondary N) is 1.